The van der Waals surface area contributed by atoms with E-state index in [2.05, 4.69) is 4.74 Å². The zero-order valence-corrected chi connectivity index (χ0v) is 13.6. The van der Waals surface area contributed by atoms with E-state index in [0.29, 0.717) is 11.3 Å². The van der Waals surface area contributed by atoms with Crippen LogP contribution < -0.4 is 4.90 Å². The lowest BCUT2D eigenvalue weighted by Gasteiger charge is -2.25. The summed E-state index contributed by atoms with van der Waals surface area (Å²) in [7, 11) is 1.30. The van der Waals surface area contributed by atoms with E-state index >= 15 is 0 Å². The third-order valence-corrected chi connectivity index (χ3v) is 5.27. The molecular formula is C18H17NO5. The normalized spacial score (nSPS) is 36.4. The van der Waals surface area contributed by atoms with Crippen molar-refractivity contribution in [3.8, 4) is 0 Å². The van der Waals surface area contributed by atoms with E-state index in [1.807, 2.05) is 26.0 Å². The summed E-state index contributed by atoms with van der Waals surface area (Å²) in [6.45, 7) is 3.68. The van der Waals surface area contributed by atoms with Crippen molar-refractivity contribution < 1.29 is 23.9 Å². The van der Waals surface area contributed by atoms with Gasteiger partial charge in [0.1, 0.15) is 0 Å². The molecule has 2 fully saturated rings. The van der Waals surface area contributed by atoms with Gasteiger partial charge in [0, 0.05) is 0 Å². The Hall–Kier alpha value is -2.47. The summed E-state index contributed by atoms with van der Waals surface area (Å²) in [5.74, 6) is -2.01. The summed E-state index contributed by atoms with van der Waals surface area (Å²) in [6.07, 6.45) is 3.76. The van der Waals surface area contributed by atoms with E-state index in [-0.39, 0.29) is 11.8 Å². The minimum absolute atomic E-state index is 0.258. The van der Waals surface area contributed by atoms with Crippen LogP contribution >= 0.6 is 0 Å². The minimum Gasteiger partial charge on any atom is -0.465 e. The minimum atomic E-state index is -0.743. The number of benzene rings is 1. The molecule has 124 valence electrons. The second-order valence-electron chi connectivity index (χ2n) is 6.81. The van der Waals surface area contributed by atoms with Crippen molar-refractivity contribution in [2.75, 3.05) is 12.0 Å². The van der Waals surface area contributed by atoms with Crippen LogP contribution in [0, 0.1) is 11.8 Å². The SMILES string of the molecule is COC(=O)c1ccc(N2C(=O)[C@@H]3[C@@H](C2=O)[C@@]2(C)C=C[C@@]3(C)O2)cc1. The van der Waals surface area contributed by atoms with E-state index in [4.69, 9.17) is 4.74 Å². The molecule has 24 heavy (non-hydrogen) atoms. The van der Waals surface area contributed by atoms with Crippen LogP contribution in [0.25, 0.3) is 0 Å². The van der Waals surface area contributed by atoms with Crippen LogP contribution in [0.1, 0.15) is 24.2 Å². The van der Waals surface area contributed by atoms with E-state index < -0.39 is 29.0 Å². The Morgan fingerprint density at radius 2 is 1.54 bits per heavy atom. The van der Waals surface area contributed by atoms with Gasteiger partial charge >= 0.3 is 5.97 Å². The van der Waals surface area contributed by atoms with Gasteiger partial charge in [0.25, 0.3) is 0 Å². The van der Waals surface area contributed by atoms with Gasteiger partial charge < -0.3 is 9.47 Å². The molecule has 2 bridgehead atoms. The number of hydrogen-bond donors (Lipinski definition) is 0. The van der Waals surface area contributed by atoms with Crippen molar-refractivity contribution in [2.45, 2.75) is 25.0 Å². The van der Waals surface area contributed by atoms with Gasteiger partial charge in [-0.05, 0) is 38.1 Å². The van der Waals surface area contributed by atoms with E-state index in [1.54, 1.807) is 24.3 Å². The molecule has 1 aromatic carbocycles. The van der Waals surface area contributed by atoms with Gasteiger partial charge in [-0.2, -0.15) is 0 Å². The molecular weight excluding hydrogens is 310 g/mol. The zero-order chi connectivity index (χ0) is 17.3. The predicted molar refractivity (Wildman–Crippen MR) is 84.3 cm³/mol. The van der Waals surface area contributed by atoms with Crippen molar-refractivity contribution in [2.24, 2.45) is 11.8 Å². The van der Waals surface area contributed by atoms with Crippen molar-refractivity contribution >= 4 is 23.5 Å². The number of hydrogen-bond acceptors (Lipinski definition) is 5. The second kappa shape index (κ2) is 4.54. The molecule has 0 radical (unpaired) electrons. The molecule has 0 aliphatic carbocycles. The smallest absolute Gasteiger partial charge is 0.337 e. The summed E-state index contributed by atoms with van der Waals surface area (Å²) >= 11 is 0. The molecule has 0 saturated carbocycles. The molecule has 2 amide bonds. The van der Waals surface area contributed by atoms with Crippen LogP contribution in [0.5, 0.6) is 0 Å². The molecule has 6 nitrogen and oxygen atoms in total. The fraction of sp³-hybridized carbons (Fsp3) is 0.389. The first-order chi connectivity index (χ1) is 11.3. The van der Waals surface area contributed by atoms with Crippen LogP contribution in [-0.2, 0) is 19.1 Å². The molecule has 0 aromatic heterocycles. The maximum atomic E-state index is 12.9. The number of fused-ring (bicyclic) bond motifs is 5. The van der Waals surface area contributed by atoms with Crippen LogP contribution in [0.3, 0.4) is 0 Å². The molecule has 3 heterocycles. The summed E-state index contributed by atoms with van der Waals surface area (Å²) in [5, 5.41) is 0. The average molecular weight is 327 g/mol. The fourth-order valence-electron chi connectivity index (χ4n) is 4.15. The maximum absolute atomic E-state index is 12.9. The van der Waals surface area contributed by atoms with Crippen molar-refractivity contribution in [1.82, 2.24) is 0 Å². The molecule has 0 spiro atoms. The Morgan fingerprint density at radius 1 is 1.04 bits per heavy atom. The largest absolute Gasteiger partial charge is 0.465 e. The Bertz CT molecular complexity index is 762. The second-order valence-corrected chi connectivity index (χ2v) is 6.81. The average Bonchev–Trinajstić information content (AvgIpc) is 3.11. The maximum Gasteiger partial charge on any atom is 0.337 e. The van der Waals surface area contributed by atoms with Crippen LogP contribution in [0.15, 0.2) is 36.4 Å². The number of amides is 2. The van der Waals surface area contributed by atoms with Gasteiger partial charge in [-0.15, -0.1) is 0 Å². The highest BCUT2D eigenvalue weighted by Crippen LogP contribution is 2.57. The number of rotatable bonds is 2. The molecule has 6 heteroatoms. The Kier molecular flexibility index (Phi) is 2.85. The Morgan fingerprint density at radius 3 is 2.00 bits per heavy atom. The van der Waals surface area contributed by atoms with E-state index in [9.17, 15) is 14.4 Å². The van der Waals surface area contributed by atoms with Gasteiger partial charge in [-0.1, -0.05) is 12.2 Å². The van der Waals surface area contributed by atoms with Gasteiger partial charge in [0.15, 0.2) is 0 Å². The quantitative estimate of drug-likeness (QED) is 0.470. The first-order valence-electron chi connectivity index (χ1n) is 7.77. The molecule has 0 unspecified atom stereocenters. The van der Waals surface area contributed by atoms with E-state index in [0.717, 1.165) is 0 Å². The number of esters is 1. The van der Waals surface area contributed by atoms with Gasteiger partial charge in [0.05, 0.1) is 41.4 Å². The monoisotopic (exact) mass is 327 g/mol. The number of ether oxygens (including phenoxy) is 2. The van der Waals surface area contributed by atoms with Crippen molar-refractivity contribution in [3.63, 3.8) is 0 Å². The lowest BCUT2D eigenvalue weighted by atomic mass is 9.73. The number of carbonyl (C=O) groups excluding carboxylic acids is 3. The molecule has 4 rings (SSSR count). The molecule has 0 N–H and O–H groups in total. The predicted octanol–water partition coefficient (Wildman–Crippen LogP) is 1.70. The summed E-state index contributed by atoms with van der Waals surface area (Å²) in [5.41, 5.74) is -0.664. The third-order valence-electron chi connectivity index (χ3n) is 5.27. The molecule has 3 aliphatic rings. The summed E-state index contributed by atoms with van der Waals surface area (Å²) in [4.78, 5) is 38.5. The lowest BCUT2D eigenvalue weighted by molar-refractivity contribution is -0.128. The topological polar surface area (TPSA) is 72.9 Å². The number of nitrogens with zero attached hydrogens (tertiary/aromatic N) is 1. The van der Waals surface area contributed by atoms with Gasteiger partial charge in [0.2, 0.25) is 11.8 Å². The van der Waals surface area contributed by atoms with Crippen molar-refractivity contribution in [3.05, 3.63) is 42.0 Å². The van der Waals surface area contributed by atoms with Crippen LogP contribution in [0.4, 0.5) is 5.69 Å². The fourth-order valence-corrected chi connectivity index (χ4v) is 4.15. The highest BCUT2D eigenvalue weighted by molar-refractivity contribution is 6.23. The third kappa shape index (κ3) is 1.72. The number of imide groups is 1. The van der Waals surface area contributed by atoms with Crippen LogP contribution in [-0.4, -0.2) is 36.1 Å². The molecule has 2 saturated heterocycles. The first-order valence-corrected chi connectivity index (χ1v) is 7.77. The van der Waals surface area contributed by atoms with Crippen molar-refractivity contribution in [1.29, 1.82) is 0 Å². The van der Waals surface area contributed by atoms with Crippen LogP contribution in [0.2, 0.25) is 0 Å². The molecule has 1 aromatic rings. The Labute approximate surface area is 139 Å². The standard InChI is InChI=1S/C18H17NO5/c1-17-8-9-18(2,24-17)13-12(17)14(20)19(15(13)21)11-6-4-10(5-7-11)16(22)23-3/h4-9,12-13H,1-3H3/t12-,13-,17+,18+/m0/s1. The van der Waals surface area contributed by atoms with Gasteiger partial charge in [-0.25, -0.2) is 9.69 Å². The zero-order valence-electron chi connectivity index (χ0n) is 13.6. The summed E-state index contributed by atoms with van der Waals surface area (Å²) < 4.78 is 10.6. The lowest BCUT2D eigenvalue weighted by Crippen LogP contribution is -2.39. The first kappa shape index (κ1) is 15.1. The summed E-state index contributed by atoms with van der Waals surface area (Å²) in [6, 6.07) is 6.26. The number of methoxy groups -OCH3 is 1. The van der Waals surface area contributed by atoms with E-state index in [1.165, 1.54) is 12.0 Å². The number of carbonyl (C=O) groups is 3. The molecule has 3 aliphatic heterocycles. The highest BCUT2D eigenvalue weighted by atomic mass is 16.5. The Balaban J connectivity index is 1.71. The molecule has 4 atom stereocenters. The number of anilines is 1. The highest BCUT2D eigenvalue weighted by Gasteiger charge is 2.70. The van der Waals surface area contributed by atoms with Gasteiger partial charge in [-0.3, -0.25) is 9.59 Å².